The zero-order chi connectivity index (χ0) is 31.4. The topological polar surface area (TPSA) is 95.5 Å². The Hall–Kier alpha value is -3.30. The van der Waals surface area contributed by atoms with Crippen molar-refractivity contribution >= 4 is 21.9 Å². The number of rotatable bonds is 5. The van der Waals surface area contributed by atoms with E-state index in [1.165, 1.54) is 25.0 Å². The summed E-state index contributed by atoms with van der Waals surface area (Å²) in [6.45, 7) is 8.49. The summed E-state index contributed by atoms with van der Waals surface area (Å²) in [6.07, 6.45) is 6.58. The molecule has 1 atom stereocenters. The number of sulfonamides is 1. The number of hydrogen-bond donors (Lipinski definition) is 1. The number of nitrogens with one attached hydrogen (secondary N) is 1. The third-order valence-electron chi connectivity index (χ3n) is 10.0. The molecule has 3 aliphatic rings. The minimum Gasteiger partial charge on any atom is -0.333 e. The lowest BCUT2D eigenvalue weighted by Crippen LogP contribution is -2.63. The second-order valence-corrected chi connectivity index (χ2v) is 15.8. The molecule has 2 aliphatic carbocycles. The summed E-state index contributed by atoms with van der Waals surface area (Å²) < 4.78 is 29.9. The zero-order valence-corrected chi connectivity index (χ0v) is 27.6. The highest BCUT2D eigenvalue weighted by molar-refractivity contribution is 7.92. The van der Waals surface area contributed by atoms with Crippen molar-refractivity contribution < 1.29 is 13.2 Å². The van der Waals surface area contributed by atoms with Crippen LogP contribution in [0.25, 0.3) is 11.3 Å². The van der Waals surface area contributed by atoms with Crippen molar-refractivity contribution in [3.8, 4) is 11.3 Å². The van der Waals surface area contributed by atoms with Crippen molar-refractivity contribution in [3.63, 3.8) is 0 Å². The molecule has 2 saturated carbocycles. The van der Waals surface area contributed by atoms with Gasteiger partial charge in [-0.05, 0) is 120 Å². The Morgan fingerprint density at radius 1 is 1.00 bits per heavy atom. The van der Waals surface area contributed by atoms with Gasteiger partial charge in [0.1, 0.15) is 0 Å². The van der Waals surface area contributed by atoms with Gasteiger partial charge in [0.15, 0.2) is 0 Å². The van der Waals surface area contributed by atoms with E-state index in [9.17, 15) is 13.2 Å². The van der Waals surface area contributed by atoms with Gasteiger partial charge in [0, 0.05) is 34.9 Å². The van der Waals surface area contributed by atoms with Crippen LogP contribution in [-0.2, 0) is 16.4 Å². The molecule has 1 aliphatic heterocycles. The lowest BCUT2D eigenvalue weighted by molar-refractivity contribution is -0.0953. The second kappa shape index (κ2) is 11.6. The molecular weight excluding hydrogens is 570 g/mol. The predicted octanol–water partition coefficient (Wildman–Crippen LogP) is 6.24. The number of hydrogen-bond acceptors (Lipinski definition) is 6. The first kappa shape index (κ1) is 30.7. The maximum atomic E-state index is 14.4. The third-order valence-corrected chi connectivity index (χ3v) is 11.4. The summed E-state index contributed by atoms with van der Waals surface area (Å²) in [7, 11) is 0.254. The fourth-order valence-corrected chi connectivity index (χ4v) is 8.77. The number of aromatic nitrogens is 2. The molecule has 1 spiro atoms. The molecule has 234 valence electrons. The maximum Gasteiger partial charge on any atom is 0.264 e. The first-order valence-corrected chi connectivity index (χ1v) is 17.4. The normalized spacial score (nSPS) is 26.3. The molecule has 2 heterocycles. The smallest absolute Gasteiger partial charge is 0.264 e. The Balaban J connectivity index is 1.42. The molecule has 6 rings (SSSR count). The number of carbonyl (C=O) groups excluding carboxylic acids is 1. The van der Waals surface area contributed by atoms with Gasteiger partial charge < -0.3 is 9.80 Å². The van der Waals surface area contributed by atoms with Gasteiger partial charge in [0.05, 0.1) is 10.6 Å². The SMILES string of the molecule is Cc1cccc(C)c1-c1cc2nc(n1)NS(=O)(=O)c1cccc(c1)C(=O)N(C1CC3(CC(N(C)C)C3)C1)[C@H](CC(C)C)CC2. The van der Waals surface area contributed by atoms with E-state index in [0.29, 0.717) is 35.1 Å². The van der Waals surface area contributed by atoms with Gasteiger partial charge in [-0.15, -0.1) is 0 Å². The number of carbonyl (C=O) groups is 1. The van der Waals surface area contributed by atoms with Crippen molar-refractivity contribution in [1.82, 2.24) is 19.8 Å². The van der Waals surface area contributed by atoms with E-state index in [2.05, 4.69) is 42.5 Å². The standard InChI is InChI=1S/C35H45N5O3S/c1-22(2)15-27-14-13-26-17-31(32-23(3)9-7-10-24(32)4)37-34(36-26)38-44(42,43)30-12-8-11-25(16-30)33(41)40(27)29-20-35(21-29)18-28(19-35)39(5)6/h7-12,16-17,22,27-29H,13-15,18-21H2,1-6H3,(H,36,37,38)/t27-,28?,29?,35?/m0/s1. The number of nitrogens with zero attached hydrogens (tertiary/aromatic N) is 4. The van der Waals surface area contributed by atoms with Crippen LogP contribution in [0.4, 0.5) is 5.95 Å². The summed E-state index contributed by atoms with van der Waals surface area (Å²) in [6, 6.07) is 15.3. The van der Waals surface area contributed by atoms with Crippen LogP contribution in [0.1, 0.15) is 79.6 Å². The highest BCUT2D eigenvalue weighted by atomic mass is 32.2. The maximum absolute atomic E-state index is 14.4. The first-order chi connectivity index (χ1) is 20.8. The highest BCUT2D eigenvalue weighted by Crippen LogP contribution is 2.58. The summed E-state index contributed by atoms with van der Waals surface area (Å²) in [5, 5.41) is 0. The van der Waals surface area contributed by atoms with Crippen molar-refractivity contribution in [2.75, 3.05) is 18.8 Å². The van der Waals surface area contributed by atoms with Crippen molar-refractivity contribution in [1.29, 1.82) is 0 Å². The molecule has 4 bridgehead atoms. The Morgan fingerprint density at radius 3 is 2.34 bits per heavy atom. The van der Waals surface area contributed by atoms with Gasteiger partial charge in [-0.25, -0.2) is 23.1 Å². The van der Waals surface area contributed by atoms with E-state index in [1.807, 2.05) is 38.1 Å². The van der Waals surface area contributed by atoms with Crippen LogP contribution in [-0.4, -0.2) is 66.3 Å². The van der Waals surface area contributed by atoms with Gasteiger partial charge in [-0.2, -0.15) is 0 Å². The van der Waals surface area contributed by atoms with Crippen molar-refractivity contribution in [2.45, 2.75) is 95.7 Å². The molecule has 2 fully saturated rings. The Bertz CT molecular complexity index is 1650. The first-order valence-electron chi connectivity index (χ1n) is 15.9. The van der Waals surface area contributed by atoms with Crippen LogP contribution in [0.5, 0.6) is 0 Å². The lowest BCUT2D eigenvalue weighted by Gasteiger charge is -2.62. The molecule has 44 heavy (non-hydrogen) atoms. The van der Waals surface area contributed by atoms with E-state index in [4.69, 9.17) is 9.97 Å². The number of benzene rings is 2. The number of anilines is 1. The highest BCUT2D eigenvalue weighted by Gasteiger charge is 2.56. The molecule has 0 radical (unpaired) electrons. The average molecular weight is 616 g/mol. The van der Waals surface area contributed by atoms with Gasteiger partial charge in [-0.3, -0.25) is 4.79 Å². The fraction of sp³-hybridized carbons (Fsp3) is 0.514. The minimum absolute atomic E-state index is 0.00519. The molecule has 1 aromatic heterocycles. The van der Waals surface area contributed by atoms with Crippen LogP contribution in [0.2, 0.25) is 0 Å². The van der Waals surface area contributed by atoms with Gasteiger partial charge in [0.2, 0.25) is 5.95 Å². The molecule has 0 saturated heterocycles. The second-order valence-electron chi connectivity index (χ2n) is 14.1. The molecule has 3 aromatic rings. The summed E-state index contributed by atoms with van der Waals surface area (Å²) in [5.41, 5.74) is 5.30. The van der Waals surface area contributed by atoms with E-state index in [-0.39, 0.29) is 28.8 Å². The van der Waals surface area contributed by atoms with E-state index < -0.39 is 10.0 Å². The van der Waals surface area contributed by atoms with E-state index in [0.717, 1.165) is 48.1 Å². The Morgan fingerprint density at radius 2 is 1.68 bits per heavy atom. The predicted molar refractivity (Wildman–Crippen MR) is 174 cm³/mol. The molecule has 1 amide bonds. The number of fused-ring (bicyclic) bond motifs is 4. The number of aryl methyl sites for hydroxylation is 3. The quantitative estimate of drug-likeness (QED) is 0.365. The van der Waals surface area contributed by atoms with Crippen LogP contribution >= 0.6 is 0 Å². The molecule has 8 nitrogen and oxygen atoms in total. The lowest BCUT2D eigenvalue weighted by atomic mass is 9.51. The third kappa shape index (κ3) is 5.88. The molecule has 1 N–H and O–H groups in total. The molecule has 2 aromatic carbocycles. The fourth-order valence-electron chi connectivity index (χ4n) is 7.78. The molecule has 0 unspecified atom stereocenters. The Kier molecular flexibility index (Phi) is 8.07. The summed E-state index contributed by atoms with van der Waals surface area (Å²) in [5.74, 6) is 0.361. The minimum atomic E-state index is -4.04. The van der Waals surface area contributed by atoms with Gasteiger partial charge in [-0.1, -0.05) is 38.1 Å². The van der Waals surface area contributed by atoms with Crippen LogP contribution < -0.4 is 4.72 Å². The van der Waals surface area contributed by atoms with E-state index >= 15 is 0 Å². The number of amides is 1. The summed E-state index contributed by atoms with van der Waals surface area (Å²) >= 11 is 0. The van der Waals surface area contributed by atoms with Gasteiger partial charge in [0.25, 0.3) is 15.9 Å². The van der Waals surface area contributed by atoms with E-state index in [1.54, 1.807) is 12.1 Å². The van der Waals surface area contributed by atoms with Crippen molar-refractivity contribution in [3.05, 3.63) is 70.9 Å². The Labute approximate surface area is 262 Å². The van der Waals surface area contributed by atoms with Gasteiger partial charge >= 0.3 is 0 Å². The van der Waals surface area contributed by atoms with Crippen LogP contribution in [0.15, 0.2) is 53.4 Å². The van der Waals surface area contributed by atoms with Crippen LogP contribution in [0, 0.1) is 25.2 Å². The monoisotopic (exact) mass is 615 g/mol. The van der Waals surface area contributed by atoms with Crippen LogP contribution in [0.3, 0.4) is 0 Å². The van der Waals surface area contributed by atoms with Crippen molar-refractivity contribution in [2.24, 2.45) is 11.3 Å². The average Bonchev–Trinajstić information content (AvgIpc) is 2.90. The summed E-state index contributed by atoms with van der Waals surface area (Å²) in [4.78, 5) is 28.3. The molecular formula is C35H45N5O3S. The largest absolute Gasteiger partial charge is 0.333 e. The zero-order valence-electron chi connectivity index (χ0n) is 26.8. The molecule has 9 heteroatoms.